The minimum absolute atomic E-state index is 0.0554. The van der Waals surface area contributed by atoms with E-state index in [1.165, 1.54) is 19.1 Å². The highest BCUT2D eigenvalue weighted by molar-refractivity contribution is 7.89. The highest BCUT2D eigenvalue weighted by atomic mass is 32.2. The van der Waals surface area contributed by atoms with Crippen LogP contribution < -0.4 is 0 Å². The monoisotopic (exact) mass is 454 g/mol. The number of piperidine rings is 1. The zero-order chi connectivity index (χ0) is 23.0. The number of alkyl halides is 1. The molecular weight excluding hydrogens is 431 g/mol. The number of benzene rings is 3. The van der Waals surface area contributed by atoms with Gasteiger partial charge < -0.3 is 0 Å². The normalized spacial score (nSPS) is 21.2. The number of rotatable bonds is 5. The fourth-order valence-electron chi connectivity index (χ4n) is 4.59. The number of hydrogen-bond donors (Lipinski definition) is 0. The zero-order valence-corrected chi connectivity index (χ0v) is 18.3. The zero-order valence-electron chi connectivity index (χ0n) is 17.5. The largest absolute Gasteiger partial charge is 0.269 e. The molecule has 1 aliphatic rings. The van der Waals surface area contributed by atoms with Crippen molar-refractivity contribution in [3.8, 4) is 0 Å². The molecule has 0 aromatic heterocycles. The third-order valence-electron chi connectivity index (χ3n) is 5.96. The first-order valence-electron chi connectivity index (χ1n) is 10.2. The van der Waals surface area contributed by atoms with Crippen LogP contribution in [0.2, 0.25) is 0 Å². The summed E-state index contributed by atoms with van der Waals surface area (Å²) >= 11 is 0. The summed E-state index contributed by atoms with van der Waals surface area (Å²) in [5, 5.41) is 10.9. The summed E-state index contributed by atoms with van der Waals surface area (Å²) in [5.41, 5.74) is -1.23. The molecule has 1 fully saturated rings. The molecule has 0 aliphatic carbocycles. The maximum Gasteiger partial charge on any atom is 0.269 e. The highest BCUT2D eigenvalue weighted by Gasteiger charge is 2.51. The third-order valence-corrected chi connectivity index (χ3v) is 7.77. The van der Waals surface area contributed by atoms with Gasteiger partial charge in [-0.2, -0.15) is 4.31 Å². The molecule has 3 aromatic carbocycles. The summed E-state index contributed by atoms with van der Waals surface area (Å²) < 4.78 is 44.0. The molecule has 0 bridgehead atoms. The molecule has 1 saturated heterocycles. The molecule has 166 valence electrons. The van der Waals surface area contributed by atoms with E-state index in [-0.39, 0.29) is 30.1 Å². The van der Waals surface area contributed by atoms with Gasteiger partial charge in [0.05, 0.1) is 9.82 Å². The molecule has 1 aliphatic heterocycles. The minimum Gasteiger partial charge on any atom is -0.258 e. The Kier molecular flexibility index (Phi) is 5.60. The molecule has 6 nitrogen and oxygen atoms in total. The van der Waals surface area contributed by atoms with E-state index in [1.807, 2.05) is 60.7 Å². The lowest BCUT2D eigenvalue weighted by molar-refractivity contribution is -0.384. The van der Waals surface area contributed by atoms with Gasteiger partial charge >= 0.3 is 0 Å². The molecule has 0 radical (unpaired) electrons. The summed E-state index contributed by atoms with van der Waals surface area (Å²) in [4.78, 5) is 10.3. The van der Waals surface area contributed by atoms with Gasteiger partial charge in [-0.1, -0.05) is 60.7 Å². The highest BCUT2D eigenvalue weighted by Crippen LogP contribution is 2.46. The summed E-state index contributed by atoms with van der Waals surface area (Å²) in [5.74, 6) is 0. The SMILES string of the molecule is CC1(F)CN(S(=O)(=O)c2ccc([N+](=O)[O-])cc2)CC(c2ccccc2)(c2ccccc2)C1. The Morgan fingerprint density at radius 3 is 1.84 bits per heavy atom. The van der Waals surface area contributed by atoms with Crippen LogP contribution in [0.3, 0.4) is 0 Å². The summed E-state index contributed by atoms with van der Waals surface area (Å²) in [6, 6.07) is 23.4. The second-order valence-corrected chi connectivity index (χ2v) is 10.4. The van der Waals surface area contributed by atoms with E-state index in [9.17, 15) is 18.5 Å². The average Bonchev–Trinajstić information content (AvgIpc) is 2.79. The van der Waals surface area contributed by atoms with Crippen molar-refractivity contribution in [1.29, 1.82) is 0 Å². The lowest BCUT2D eigenvalue weighted by atomic mass is 9.66. The van der Waals surface area contributed by atoms with Crippen LogP contribution in [0, 0.1) is 10.1 Å². The van der Waals surface area contributed by atoms with Crippen LogP contribution >= 0.6 is 0 Å². The Bertz CT molecular complexity index is 1170. The Morgan fingerprint density at radius 1 is 0.875 bits per heavy atom. The minimum atomic E-state index is -4.09. The van der Waals surface area contributed by atoms with Crippen molar-refractivity contribution in [2.24, 2.45) is 0 Å². The molecule has 32 heavy (non-hydrogen) atoms. The lowest BCUT2D eigenvalue weighted by Crippen LogP contribution is -2.57. The topological polar surface area (TPSA) is 80.5 Å². The van der Waals surface area contributed by atoms with Crippen molar-refractivity contribution >= 4 is 15.7 Å². The number of halogens is 1. The quantitative estimate of drug-likeness (QED) is 0.413. The molecule has 1 atom stereocenters. The molecule has 0 amide bonds. The van der Waals surface area contributed by atoms with Gasteiger partial charge in [0, 0.05) is 30.6 Å². The van der Waals surface area contributed by atoms with E-state index in [4.69, 9.17) is 0 Å². The second-order valence-electron chi connectivity index (χ2n) is 8.43. The molecule has 1 unspecified atom stereocenters. The van der Waals surface area contributed by atoms with Crippen LogP contribution in [0.15, 0.2) is 89.8 Å². The second kappa shape index (κ2) is 8.11. The first-order chi connectivity index (χ1) is 15.1. The summed E-state index contributed by atoms with van der Waals surface area (Å²) in [6.07, 6.45) is 0.125. The van der Waals surface area contributed by atoms with Crippen LogP contribution in [0.5, 0.6) is 0 Å². The molecular formula is C24H23FN2O4S. The van der Waals surface area contributed by atoms with Crippen molar-refractivity contribution in [2.75, 3.05) is 13.1 Å². The Hall–Kier alpha value is -3.10. The number of non-ortho nitro benzene ring substituents is 1. The average molecular weight is 455 g/mol. The van der Waals surface area contributed by atoms with Gasteiger partial charge in [-0.3, -0.25) is 10.1 Å². The van der Waals surface area contributed by atoms with Crippen molar-refractivity contribution in [2.45, 2.75) is 29.3 Å². The van der Waals surface area contributed by atoms with E-state index < -0.39 is 26.0 Å². The van der Waals surface area contributed by atoms with E-state index >= 15 is 4.39 Å². The fourth-order valence-corrected chi connectivity index (χ4v) is 6.20. The number of hydrogen-bond acceptors (Lipinski definition) is 4. The van der Waals surface area contributed by atoms with E-state index in [2.05, 4.69) is 0 Å². The maximum atomic E-state index is 15.8. The molecule has 8 heteroatoms. The van der Waals surface area contributed by atoms with Crippen LogP contribution in [0.4, 0.5) is 10.1 Å². The molecule has 1 heterocycles. The van der Waals surface area contributed by atoms with Gasteiger partial charge in [-0.05, 0) is 36.6 Å². The number of nitrogens with zero attached hydrogens (tertiary/aromatic N) is 2. The molecule has 0 N–H and O–H groups in total. The number of nitro groups is 1. The lowest BCUT2D eigenvalue weighted by Gasteiger charge is -2.48. The van der Waals surface area contributed by atoms with E-state index in [1.54, 1.807) is 0 Å². The van der Waals surface area contributed by atoms with E-state index in [0.29, 0.717) is 0 Å². The number of sulfonamides is 1. The summed E-state index contributed by atoms with van der Waals surface area (Å²) in [7, 11) is -4.09. The van der Waals surface area contributed by atoms with Gasteiger partial charge in [0.25, 0.3) is 5.69 Å². The Balaban J connectivity index is 1.83. The van der Waals surface area contributed by atoms with Crippen LogP contribution in [0.25, 0.3) is 0 Å². The third kappa shape index (κ3) is 4.03. The van der Waals surface area contributed by atoms with Gasteiger partial charge in [0.2, 0.25) is 10.0 Å². The molecule has 3 aromatic rings. The predicted octanol–water partition coefficient (Wildman–Crippen LogP) is 4.70. The Labute approximate surface area is 186 Å². The van der Waals surface area contributed by atoms with Crippen LogP contribution in [-0.4, -0.2) is 36.4 Å². The Morgan fingerprint density at radius 2 is 1.38 bits per heavy atom. The van der Waals surface area contributed by atoms with Gasteiger partial charge in [-0.15, -0.1) is 0 Å². The van der Waals surface area contributed by atoms with Gasteiger partial charge in [-0.25, -0.2) is 12.8 Å². The van der Waals surface area contributed by atoms with Gasteiger partial charge in [0.1, 0.15) is 5.67 Å². The molecule has 4 rings (SSSR count). The van der Waals surface area contributed by atoms with E-state index in [0.717, 1.165) is 27.6 Å². The van der Waals surface area contributed by atoms with Crippen molar-refractivity contribution in [3.63, 3.8) is 0 Å². The maximum absolute atomic E-state index is 15.8. The van der Waals surface area contributed by atoms with Crippen molar-refractivity contribution in [1.82, 2.24) is 4.31 Å². The predicted molar refractivity (Wildman–Crippen MR) is 120 cm³/mol. The fraction of sp³-hybridized carbons (Fsp3) is 0.250. The number of nitro benzene ring substituents is 1. The van der Waals surface area contributed by atoms with Gasteiger partial charge in [0.15, 0.2) is 0 Å². The summed E-state index contributed by atoms with van der Waals surface area (Å²) in [6.45, 7) is 1.18. The van der Waals surface area contributed by atoms with Crippen molar-refractivity contribution in [3.05, 3.63) is 106 Å². The first kappa shape index (κ1) is 22.1. The van der Waals surface area contributed by atoms with Crippen LogP contribution in [-0.2, 0) is 15.4 Å². The molecule has 0 saturated carbocycles. The smallest absolute Gasteiger partial charge is 0.258 e. The van der Waals surface area contributed by atoms with Crippen LogP contribution in [0.1, 0.15) is 24.5 Å². The molecule has 0 spiro atoms. The first-order valence-corrected chi connectivity index (χ1v) is 11.6. The standard InChI is InChI=1S/C24H23FN2O4S/c1-23(25)16-24(19-8-4-2-5-9-19,20-10-6-3-7-11-20)18-26(17-23)32(30,31)22-14-12-21(13-15-22)27(28)29/h2-15H,16-18H2,1H3. The van der Waals surface area contributed by atoms with Crippen molar-refractivity contribution < 1.29 is 17.7 Å².